The summed E-state index contributed by atoms with van der Waals surface area (Å²) in [4.78, 5) is 22.6. The predicted octanol–water partition coefficient (Wildman–Crippen LogP) is -0.134. The minimum Gasteiger partial charge on any atom is -0.447 e. The molecule has 0 heterocycles. The maximum absolute atomic E-state index is 11.4. The van der Waals surface area contributed by atoms with Gasteiger partial charge in [-0.2, -0.15) is 0 Å². The third-order valence-electron chi connectivity index (χ3n) is 1.89. The molecule has 94 valence electrons. The first-order valence-corrected chi connectivity index (χ1v) is 5.27. The first-order chi connectivity index (χ1) is 7.51. The van der Waals surface area contributed by atoms with Gasteiger partial charge in [-0.15, -0.1) is 0 Å². The Bertz CT molecular complexity index is 231. The molecule has 0 fully saturated rings. The van der Waals surface area contributed by atoms with Crippen LogP contribution in [0.3, 0.4) is 0 Å². The van der Waals surface area contributed by atoms with E-state index in [0.717, 1.165) is 0 Å². The number of amides is 2. The van der Waals surface area contributed by atoms with E-state index in [1.807, 2.05) is 13.8 Å². The highest BCUT2D eigenvalue weighted by molar-refractivity contribution is 5.85. The van der Waals surface area contributed by atoms with E-state index in [4.69, 9.17) is 5.11 Å². The van der Waals surface area contributed by atoms with Crippen molar-refractivity contribution in [2.45, 2.75) is 26.3 Å². The smallest absolute Gasteiger partial charge is 0.407 e. The fraction of sp³-hybridized carbons (Fsp3) is 0.800. The first kappa shape index (κ1) is 14.7. The standard InChI is InChI=1S/C10H20N2O4/c1-7(2)6-8(9(14)11-3)12-10(15)16-5-4-13/h7-8,13H,4-6H2,1-3H3,(H,11,14)(H,12,15). The highest BCUT2D eigenvalue weighted by Crippen LogP contribution is 2.05. The zero-order valence-corrected chi connectivity index (χ0v) is 9.95. The van der Waals surface area contributed by atoms with Crippen LogP contribution in [0.25, 0.3) is 0 Å². The number of hydrogen-bond acceptors (Lipinski definition) is 4. The summed E-state index contributed by atoms with van der Waals surface area (Å²) in [5, 5.41) is 13.4. The van der Waals surface area contributed by atoms with Crippen LogP contribution in [0.4, 0.5) is 4.79 Å². The minimum atomic E-state index is -0.691. The van der Waals surface area contributed by atoms with Crippen molar-refractivity contribution in [2.75, 3.05) is 20.3 Å². The van der Waals surface area contributed by atoms with Crippen molar-refractivity contribution < 1.29 is 19.4 Å². The number of carbonyl (C=O) groups excluding carboxylic acids is 2. The fourth-order valence-corrected chi connectivity index (χ4v) is 1.20. The number of hydrogen-bond donors (Lipinski definition) is 3. The van der Waals surface area contributed by atoms with Gasteiger partial charge in [0.15, 0.2) is 0 Å². The second-order valence-electron chi connectivity index (χ2n) is 3.80. The summed E-state index contributed by atoms with van der Waals surface area (Å²) < 4.78 is 4.62. The van der Waals surface area contributed by atoms with Crippen LogP contribution in [0.15, 0.2) is 0 Å². The topological polar surface area (TPSA) is 87.7 Å². The van der Waals surface area contributed by atoms with Crippen molar-refractivity contribution in [3.8, 4) is 0 Å². The summed E-state index contributed by atoms with van der Waals surface area (Å²) in [6, 6.07) is -0.601. The molecule has 0 aromatic carbocycles. The molecule has 0 aromatic heterocycles. The summed E-state index contributed by atoms with van der Waals surface area (Å²) in [7, 11) is 1.51. The average molecular weight is 232 g/mol. The Morgan fingerprint density at radius 2 is 2.00 bits per heavy atom. The van der Waals surface area contributed by atoms with E-state index in [1.54, 1.807) is 0 Å². The number of rotatable bonds is 6. The molecule has 0 spiro atoms. The van der Waals surface area contributed by atoms with E-state index in [2.05, 4.69) is 15.4 Å². The van der Waals surface area contributed by atoms with Crippen LogP contribution in [-0.4, -0.2) is 43.4 Å². The number of aliphatic hydroxyl groups is 1. The Balaban J connectivity index is 4.19. The van der Waals surface area contributed by atoms with E-state index in [-0.39, 0.29) is 25.0 Å². The van der Waals surface area contributed by atoms with Crippen LogP contribution in [0.1, 0.15) is 20.3 Å². The van der Waals surface area contributed by atoms with Crippen LogP contribution < -0.4 is 10.6 Å². The van der Waals surface area contributed by atoms with Gasteiger partial charge < -0.3 is 20.5 Å². The van der Waals surface area contributed by atoms with Crippen molar-refractivity contribution in [1.82, 2.24) is 10.6 Å². The lowest BCUT2D eigenvalue weighted by molar-refractivity contribution is -0.122. The van der Waals surface area contributed by atoms with Crippen molar-refractivity contribution in [2.24, 2.45) is 5.92 Å². The third kappa shape index (κ3) is 6.23. The van der Waals surface area contributed by atoms with Gasteiger partial charge in [0.05, 0.1) is 6.61 Å². The molecular formula is C10H20N2O4. The molecular weight excluding hydrogens is 212 g/mol. The van der Waals surface area contributed by atoms with Crippen molar-refractivity contribution in [3.63, 3.8) is 0 Å². The second-order valence-corrected chi connectivity index (χ2v) is 3.80. The normalized spacial score (nSPS) is 12.1. The van der Waals surface area contributed by atoms with E-state index in [0.29, 0.717) is 6.42 Å². The van der Waals surface area contributed by atoms with E-state index in [1.165, 1.54) is 7.05 Å². The number of likely N-dealkylation sites (N-methyl/N-ethyl adjacent to an activating group) is 1. The second kappa shape index (κ2) is 7.92. The molecule has 0 saturated heterocycles. The van der Waals surface area contributed by atoms with Gasteiger partial charge in [-0.05, 0) is 12.3 Å². The van der Waals surface area contributed by atoms with Crippen LogP contribution in [-0.2, 0) is 9.53 Å². The van der Waals surface area contributed by atoms with Crippen LogP contribution in [0.2, 0.25) is 0 Å². The molecule has 16 heavy (non-hydrogen) atoms. The molecule has 3 N–H and O–H groups in total. The summed E-state index contributed by atoms with van der Waals surface area (Å²) in [5.41, 5.74) is 0. The van der Waals surface area contributed by atoms with Crippen molar-refractivity contribution >= 4 is 12.0 Å². The highest BCUT2D eigenvalue weighted by atomic mass is 16.6. The van der Waals surface area contributed by atoms with Gasteiger partial charge in [-0.3, -0.25) is 4.79 Å². The van der Waals surface area contributed by atoms with Crippen LogP contribution in [0, 0.1) is 5.92 Å². The maximum atomic E-state index is 11.4. The summed E-state index contributed by atoms with van der Waals surface area (Å²) in [6.45, 7) is 3.60. The zero-order chi connectivity index (χ0) is 12.6. The van der Waals surface area contributed by atoms with Gasteiger partial charge in [-0.1, -0.05) is 13.8 Å². The molecule has 1 unspecified atom stereocenters. The largest absolute Gasteiger partial charge is 0.447 e. The average Bonchev–Trinajstić information content (AvgIpc) is 2.23. The molecule has 6 heteroatoms. The van der Waals surface area contributed by atoms with Gasteiger partial charge in [0.2, 0.25) is 5.91 Å². The molecule has 0 aliphatic carbocycles. The summed E-state index contributed by atoms with van der Waals surface area (Å²) in [6.07, 6.45) is -0.156. The van der Waals surface area contributed by atoms with E-state index >= 15 is 0 Å². The Kier molecular flexibility index (Phi) is 7.28. The maximum Gasteiger partial charge on any atom is 0.407 e. The van der Waals surface area contributed by atoms with Gasteiger partial charge in [0.1, 0.15) is 12.6 Å². The van der Waals surface area contributed by atoms with Crippen LogP contribution >= 0.6 is 0 Å². The van der Waals surface area contributed by atoms with E-state index < -0.39 is 12.1 Å². The van der Waals surface area contributed by atoms with Gasteiger partial charge in [-0.25, -0.2) is 4.79 Å². The Hall–Kier alpha value is -1.30. The lowest BCUT2D eigenvalue weighted by Crippen LogP contribution is -2.46. The quantitative estimate of drug-likeness (QED) is 0.595. The number of nitrogens with one attached hydrogen (secondary N) is 2. The third-order valence-corrected chi connectivity index (χ3v) is 1.89. The predicted molar refractivity (Wildman–Crippen MR) is 58.9 cm³/mol. The SMILES string of the molecule is CNC(=O)C(CC(C)C)NC(=O)OCCO. The zero-order valence-electron chi connectivity index (χ0n) is 9.95. The molecule has 0 aliphatic rings. The minimum absolute atomic E-state index is 0.0754. The first-order valence-electron chi connectivity index (χ1n) is 5.27. The van der Waals surface area contributed by atoms with Crippen molar-refractivity contribution in [1.29, 1.82) is 0 Å². The number of alkyl carbamates (subject to hydrolysis) is 1. The Labute approximate surface area is 95.4 Å². The lowest BCUT2D eigenvalue weighted by atomic mass is 10.0. The van der Waals surface area contributed by atoms with E-state index in [9.17, 15) is 9.59 Å². The number of aliphatic hydroxyl groups excluding tert-OH is 1. The Morgan fingerprint density at radius 3 is 2.44 bits per heavy atom. The van der Waals surface area contributed by atoms with Gasteiger partial charge >= 0.3 is 6.09 Å². The molecule has 0 aromatic rings. The fourth-order valence-electron chi connectivity index (χ4n) is 1.20. The number of carbonyl (C=O) groups is 2. The Morgan fingerprint density at radius 1 is 1.38 bits per heavy atom. The van der Waals surface area contributed by atoms with Gasteiger partial charge in [0.25, 0.3) is 0 Å². The molecule has 0 radical (unpaired) electrons. The lowest BCUT2D eigenvalue weighted by Gasteiger charge is -2.18. The van der Waals surface area contributed by atoms with Crippen LogP contribution in [0.5, 0.6) is 0 Å². The molecule has 0 rings (SSSR count). The molecule has 2 amide bonds. The molecule has 6 nitrogen and oxygen atoms in total. The summed E-state index contributed by atoms with van der Waals surface area (Å²) >= 11 is 0. The highest BCUT2D eigenvalue weighted by Gasteiger charge is 2.21. The summed E-state index contributed by atoms with van der Waals surface area (Å²) in [5.74, 6) is 0.0232. The molecule has 0 bridgehead atoms. The number of ether oxygens (including phenoxy) is 1. The van der Waals surface area contributed by atoms with Gasteiger partial charge in [0, 0.05) is 7.05 Å². The molecule has 1 atom stereocenters. The molecule has 0 saturated carbocycles. The monoisotopic (exact) mass is 232 g/mol. The van der Waals surface area contributed by atoms with Crippen molar-refractivity contribution in [3.05, 3.63) is 0 Å². The molecule has 0 aliphatic heterocycles.